The third-order valence-corrected chi connectivity index (χ3v) is 6.53. The van der Waals surface area contributed by atoms with Gasteiger partial charge in [0.2, 0.25) is 5.65 Å². The van der Waals surface area contributed by atoms with Gasteiger partial charge in [0.05, 0.1) is 23.0 Å². The molecule has 0 atom stereocenters. The quantitative estimate of drug-likeness (QED) is 0.484. The van der Waals surface area contributed by atoms with Crippen molar-refractivity contribution in [1.82, 2.24) is 19.6 Å². The van der Waals surface area contributed by atoms with Crippen LogP contribution in [0.15, 0.2) is 53.4 Å². The molecule has 0 aliphatic carbocycles. The number of para-hydroxylation sites is 2. The monoisotopic (exact) mass is 411 g/mol. The van der Waals surface area contributed by atoms with Crippen LogP contribution in [0.1, 0.15) is 19.2 Å². The molecule has 4 aromatic rings. The van der Waals surface area contributed by atoms with E-state index in [-0.39, 0.29) is 10.7 Å². The molecule has 29 heavy (non-hydrogen) atoms. The minimum atomic E-state index is -3.85. The van der Waals surface area contributed by atoms with Gasteiger partial charge in [-0.1, -0.05) is 19.1 Å². The highest BCUT2D eigenvalue weighted by molar-refractivity contribution is 7.92. The maximum absolute atomic E-state index is 13.2. The van der Waals surface area contributed by atoms with Crippen LogP contribution in [-0.4, -0.2) is 42.2 Å². The largest absolute Gasteiger partial charge is 0.497 e. The summed E-state index contributed by atoms with van der Waals surface area (Å²) in [5.74, 6) is 1.59. The number of anilines is 1. The number of fused-ring (bicyclic) bond motifs is 3. The Labute approximate surface area is 168 Å². The average Bonchev–Trinajstić information content (AvgIpc) is 3.17. The van der Waals surface area contributed by atoms with Gasteiger partial charge in [-0.15, -0.1) is 10.2 Å². The fourth-order valence-corrected chi connectivity index (χ4v) is 4.39. The number of hydrogen-bond donors (Lipinski definition) is 0. The molecular weight excluding hydrogens is 390 g/mol. The van der Waals surface area contributed by atoms with Crippen LogP contribution in [0.4, 0.5) is 5.82 Å². The molecule has 150 valence electrons. The standard InChI is InChI=1S/C20H21N5O3S/c1-4-7-18-22-23-20-19(21-16-8-5-6-9-17(16)25(18)20)24(2)29(26,27)15-12-10-14(28-3)11-13-15/h5-6,8-13H,4,7H2,1-3H3. The van der Waals surface area contributed by atoms with Gasteiger partial charge in [-0.25, -0.2) is 17.7 Å². The van der Waals surface area contributed by atoms with Gasteiger partial charge in [0.25, 0.3) is 10.0 Å². The van der Waals surface area contributed by atoms with Crippen LogP contribution < -0.4 is 9.04 Å². The first-order valence-corrected chi connectivity index (χ1v) is 10.7. The number of hydrogen-bond acceptors (Lipinski definition) is 6. The maximum Gasteiger partial charge on any atom is 0.265 e. The van der Waals surface area contributed by atoms with E-state index in [2.05, 4.69) is 22.1 Å². The van der Waals surface area contributed by atoms with E-state index in [4.69, 9.17) is 4.74 Å². The first kappa shape index (κ1) is 19.1. The maximum atomic E-state index is 13.2. The van der Waals surface area contributed by atoms with Gasteiger partial charge >= 0.3 is 0 Å². The Kier molecular flexibility index (Phi) is 4.83. The van der Waals surface area contributed by atoms with E-state index < -0.39 is 10.0 Å². The van der Waals surface area contributed by atoms with Crippen molar-refractivity contribution < 1.29 is 13.2 Å². The topological polar surface area (TPSA) is 89.7 Å². The number of nitrogens with zero attached hydrogens (tertiary/aromatic N) is 5. The molecule has 0 unspecified atom stereocenters. The molecule has 0 aliphatic rings. The average molecular weight is 411 g/mol. The second-order valence-electron chi connectivity index (χ2n) is 6.60. The fraction of sp³-hybridized carbons (Fsp3) is 0.250. The molecule has 0 saturated heterocycles. The summed E-state index contributed by atoms with van der Waals surface area (Å²) in [6.07, 6.45) is 1.62. The zero-order valence-corrected chi connectivity index (χ0v) is 17.2. The summed E-state index contributed by atoms with van der Waals surface area (Å²) in [6, 6.07) is 13.8. The van der Waals surface area contributed by atoms with Gasteiger partial charge in [-0.2, -0.15) is 0 Å². The minimum absolute atomic E-state index is 0.141. The summed E-state index contributed by atoms with van der Waals surface area (Å²) in [6.45, 7) is 2.06. The van der Waals surface area contributed by atoms with Crippen LogP contribution in [0.25, 0.3) is 16.7 Å². The predicted octanol–water partition coefficient (Wildman–Crippen LogP) is 3.06. The molecule has 0 aliphatic heterocycles. The highest BCUT2D eigenvalue weighted by Gasteiger charge is 2.27. The van der Waals surface area contributed by atoms with E-state index in [1.807, 2.05) is 28.7 Å². The second kappa shape index (κ2) is 7.32. The number of aromatic nitrogens is 4. The molecule has 0 saturated carbocycles. The highest BCUT2D eigenvalue weighted by Crippen LogP contribution is 2.28. The number of rotatable bonds is 6. The molecular formula is C20H21N5O3S. The lowest BCUT2D eigenvalue weighted by molar-refractivity contribution is 0.414. The van der Waals surface area contributed by atoms with Gasteiger partial charge in [-0.3, -0.25) is 4.40 Å². The normalized spacial score (nSPS) is 11.8. The molecule has 0 bridgehead atoms. The van der Waals surface area contributed by atoms with Gasteiger partial charge in [-0.05, 0) is 42.8 Å². The molecule has 4 rings (SSSR count). The Morgan fingerprint density at radius 3 is 2.48 bits per heavy atom. The van der Waals surface area contributed by atoms with Crippen molar-refractivity contribution in [2.24, 2.45) is 0 Å². The first-order chi connectivity index (χ1) is 14.0. The number of methoxy groups -OCH3 is 1. The third kappa shape index (κ3) is 3.17. The van der Waals surface area contributed by atoms with E-state index in [1.165, 1.54) is 26.3 Å². The fourth-order valence-electron chi connectivity index (χ4n) is 3.24. The van der Waals surface area contributed by atoms with Crippen LogP contribution in [0.3, 0.4) is 0 Å². The summed E-state index contributed by atoms with van der Waals surface area (Å²) in [7, 11) is -0.837. The highest BCUT2D eigenvalue weighted by atomic mass is 32.2. The summed E-state index contributed by atoms with van der Waals surface area (Å²) in [5.41, 5.74) is 1.92. The molecule has 0 radical (unpaired) electrons. The lowest BCUT2D eigenvalue weighted by atomic mass is 10.2. The van der Waals surface area contributed by atoms with Crippen LogP contribution in [0.5, 0.6) is 5.75 Å². The Bertz CT molecular complexity index is 1280. The smallest absolute Gasteiger partial charge is 0.265 e. The minimum Gasteiger partial charge on any atom is -0.497 e. The van der Waals surface area contributed by atoms with Gasteiger partial charge in [0.15, 0.2) is 5.82 Å². The van der Waals surface area contributed by atoms with Crippen molar-refractivity contribution in [3.63, 3.8) is 0 Å². The zero-order valence-electron chi connectivity index (χ0n) is 16.4. The number of sulfonamides is 1. The third-order valence-electron chi connectivity index (χ3n) is 4.77. The second-order valence-corrected chi connectivity index (χ2v) is 8.57. The van der Waals surface area contributed by atoms with Crippen molar-refractivity contribution >= 4 is 32.5 Å². The van der Waals surface area contributed by atoms with E-state index in [0.717, 1.165) is 28.5 Å². The van der Waals surface area contributed by atoms with Crippen molar-refractivity contribution in [3.8, 4) is 5.75 Å². The number of benzene rings is 2. The van der Waals surface area contributed by atoms with Crippen LogP contribution in [-0.2, 0) is 16.4 Å². The lowest BCUT2D eigenvalue weighted by Crippen LogP contribution is -2.28. The van der Waals surface area contributed by atoms with Crippen LogP contribution in [0.2, 0.25) is 0 Å². The molecule has 2 aromatic carbocycles. The van der Waals surface area contributed by atoms with Gasteiger partial charge < -0.3 is 4.74 Å². The van der Waals surface area contributed by atoms with Crippen LogP contribution in [0, 0.1) is 0 Å². The lowest BCUT2D eigenvalue weighted by Gasteiger charge is -2.20. The zero-order chi connectivity index (χ0) is 20.6. The summed E-state index contributed by atoms with van der Waals surface area (Å²) >= 11 is 0. The molecule has 0 fully saturated rings. The number of aryl methyl sites for hydroxylation is 1. The molecule has 0 N–H and O–H groups in total. The molecule has 2 aromatic heterocycles. The van der Waals surface area contributed by atoms with Crippen molar-refractivity contribution in [1.29, 1.82) is 0 Å². The van der Waals surface area contributed by atoms with E-state index in [9.17, 15) is 8.42 Å². The van der Waals surface area contributed by atoms with Crippen molar-refractivity contribution in [3.05, 3.63) is 54.4 Å². The summed E-state index contributed by atoms with van der Waals surface area (Å²) < 4.78 is 34.6. The van der Waals surface area contributed by atoms with Crippen LogP contribution >= 0.6 is 0 Å². The van der Waals surface area contributed by atoms with Gasteiger partial charge in [0, 0.05) is 13.5 Å². The van der Waals surface area contributed by atoms with Gasteiger partial charge in [0.1, 0.15) is 11.6 Å². The van der Waals surface area contributed by atoms with E-state index in [0.29, 0.717) is 16.9 Å². The summed E-state index contributed by atoms with van der Waals surface area (Å²) in [4.78, 5) is 4.74. The Balaban J connectivity index is 1.91. The number of ether oxygens (including phenoxy) is 1. The molecule has 2 heterocycles. The Hall–Kier alpha value is -3.20. The van der Waals surface area contributed by atoms with E-state index in [1.54, 1.807) is 12.1 Å². The Morgan fingerprint density at radius 1 is 1.07 bits per heavy atom. The van der Waals surface area contributed by atoms with Crippen molar-refractivity contribution in [2.75, 3.05) is 18.5 Å². The molecule has 8 nitrogen and oxygen atoms in total. The Morgan fingerprint density at radius 2 is 1.79 bits per heavy atom. The molecule has 0 spiro atoms. The molecule has 9 heteroatoms. The van der Waals surface area contributed by atoms with E-state index >= 15 is 0 Å². The predicted molar refractivity (Wildman–Crippen MR) is 111 cm³/mol. The first-order valence-electron chi connectivity index (χ1n) is 9.23. The van der Waals surface area contributed by atoms with Crippen molar-refractivity contribution in [2.45, 2.75) is 24.7 Å². The SMILES string of the molecule is CCCc1nnc2c(N(C)S(=O)(=O)c3ccc(OC)cc3)nc3ccccc3n12. The molecule has 0 amide bonds. The summed E-state index contributed by atoms with van der Waals surface area (Å²) in [5, 5.41) is 8.56.